The van der Waals surface area contributed by atoms with Crippen LogP contribution in [0.15, 0.2) is 40.4 Å². The lowest BCUT2D eigenvalue weighted by atomic mass is 10.3. The number of amides is 1. The van der Waals surface area contributed by atoms with E-state index < -0.39 is 0 Å². The van der Waals surface area contributed by atoms with Crippen LogP contribution in [0.1, 0.15) is 17.9 Å². The van der Waals surface area contributed by atoms with Crippen LogP contribution in [-0.2, 0) is 4.79 Å². The standard InChI is InChI=1S/C17H19N5OS2/c1-11-10-15-20-21-17(22(15)12(2)18-11)25-9-8-16(23)19-13-6-4-5-7-14(13)24-3/h4-7,10H,8-9H2,1-3H3,(H,19,23). The van der Waals surface area contributed by atoms with Crippen molar-refractivity contribution in [2.24, 2.45) is 0 Å². The molecule has 0 bridgehead atoms. The van der Waals surface area contributed by atoms with Gasteiger partial charge in [0, 0.05) is 28.8 Å². The molecule has 1 aromatic carbocycles. The molecule has 0 radical (unpaired) electrons. The first kappa shape index (κ1) is 17.8. The van der Waals surface area contributed by atoms with E-state index in [0.29, 0.717) is 12.2 Å². The Balaban J connectivity index is 1.61. The first-order chi connectivity index (χ1) is 12.1. The number of para-hydroxylation sites is 1. The first-order valence-electron chi connectivity index (χ1n) is 7.83. The molecule has 25 heavy (non-hydrogen) atoms. The fourth-order valence-corrected chi connectivity index (χ4v) is 3.97. The van der Waals surface area contributed by atoms with Gasteiger partial charge < -0.3 is 5.32 Å². The molecule has 6 nitrogen and oxygen atoms in total. The fourth-order valence-electron chi connectivity index (χ4n) is 2.49. The minimum atomic E-state index is -0.00601. The van der Waals surface area contributed by atoms with Gasteiger partial charge in [-0.05, 0) is 32.2 Å². The van der Waals surface area contributed by atoms with Gasteiger partial charge in [0.15, 0.2) is 10.8 Å². The highest BCUT2D eigenvalue weighted by molar-refractivity contribution is 7.99. The number of benzene rings is 1. The smallest absolute Gasteiger partial charge is 0.225 e. The zero-order valence-corrected chi connectivity index (χ0v) is 15.9. The molecule has 130 valence electrons. The Morgan fingerprint density at radius 1 is 1.24 bits per heavy atom. The zero-order chi connectivity index (χ0) is 17.8. The number of hydrogen-bond donors (Lipinski definition) is 1. The van der Waals surface area contributed by atoms with Gasteiger partial charge in [-0.3, -0.25) is 9.20 Å². The Bertz CT molecular complexity index is 909. The highest BCUT2D eigenvalue weighted by Gasteiger charge is 2.11. The average molecular weight is 374 g/mol. The van der Waals surface area contributed by atoms with Crippen molar-refractivity contribution in [3.05, 3.63) is 41.9 Å². The maximum atomic E-state index is 12.2. The first-order valence-corrected chi connectivity index (χ1v) is 10.0. The fraction of sp³-hybridized carbons (Fsp3) is 0.294. The molecule has 0 unspecified atom stereocenters. The summed E-state index contributed by atoms with van der Waals surface area (Å²) in [7, 11) is 0. The van der Waals surface area contributed by atoms with E-state index in [0.717, 1.165) is 32.9 Å². The second-order valence-corrected chi connectivity index (χ2v) is 7.38. The van der Waals surface area contributed by atoms with Gasteiger partial charge in [0.2, 0.25) is 5.91 Å². The summed E-state index contributed by atoms with van der Waals surface area (Å²) in [5.74, 6) is 1.47. The van der Waals surface area contributed by atoms with E-state index >= 15 is 0 Å². The molecule has 0 aliphatic carbocycles. The van der Waals surface area contributed by atoms with Crippen molar-refractivity contribution in [1.82, 2.24) is 19.6 Å². The number of aryl methyl sites for hydroxylation is 2. The van der Waals surface area contributed by atoms with Crippen molar-refractivity contribution in [1.29, 1.82) is 0 Å². The molecular formula is C17H19N5OS2. The van der Waals surface area contributed by atoms with E-state index in [1.807, 2.05) is 54.8 Å². The molecule has 1 amide bonds. The van der Waals surface area contributed by atoms with Gasteiger partial charge in [0.25, 0.3) is 0 Å². The minimum Gasteiger partial charge on any atom is -0.325 e. The Labute approximate surface area is 154 Å². The van der Waals surface area contributed by atoms with Gasteiger partial charge in [0.1, 0.15) is 5.82 Å². The van der Waals surface area contributed by atoms with Crippen molar-refractivity contribution >= 4 is 40.8 Å². The zero-order valence-electron chi connectivity index (χ0n) is 14.3. The molecule has 0 saturated heterocycles. The monoisotopic (exact) mass is 373 g/mol. The number of nitrogens with zero attached hydrogens (tertiary/aromatic N) is 4. The molecule has 0 aliphatic heterocycles. The van der Waals surface area contributed by atoms with E-state index in [1.54, 1.807) is 11.8 Å². The number of anilines is 1. The van der Waals surface area contributed by atoms with Crippen LogP contribution in [0.25, 0.3) is 5.65 Å². The second-order valence-electron chi connectivity index (χ2n) is 5.47. The number of carbonyl (C=O) groups is 1. The Morgan fingerprint density at radius 3 is 2.84 bits per heavy atom. The molecule has 3 rings (SSSR count). The van der Waals surface area contributed by atoms with Gasteiger partial charge in [-0.25, -0.2) is 4.98 Å². The molecule has 8 heteroatoms. The SMILES string of the molecule is CSc1ccccc1NC(=O)CCSc1nnc2cc(C)nc(C)n12. The lowest BCUT2D eigenvalue weighted by molar-refractivity contribution is -0.115. The summed E-state index contributed by atoms with van der Waals surface area (Å²) < 4.78 is 1.92. The Hall–Kier alpha value is -2.06. The average Bonchev–Trinajstić information content (AvgIpc) is 2.98. The van der Waals surface area contributed by atoms with E-state index in [2.05, 4.69) is 20.5 Å². The van der Waals surface area contributed by atoms with Gasteiger partial charge in [0.05, 0.1) is 5.69 Å². The summed E-state index contributed by atoms with van der Waals surface area (Å²) in [5, 5.41) is 12.1. The van der Waals surface area contributed by atoms with E-state index in [-0.39, 0.29) is 5.91 Å². The van der Waals surface area contributed by atoms with Crippen LogP contribution >= 0.6 is 23.5 Å². The van der Waals surface area contributed by atoms with E-state index in [9.17, 15) is 4.79 Å². The lowest BCUT2D eigenvalue weighted by Gasteiger charge is -2.09. The normalized spacial score (nSPS) is 11.0. The quantitative estimate of drug-likeness (QED) is 0.666. The summed E-state index contributed by atoms with van der Waals surface area (Å²) in [4.78, 5) is 17.7. The van der Waals surface area contributed by atoms with Crippen LogP contribution in [-0.4, -0.2) is 37.5 Å². The number of thioether (sulfide) groups is 2. The molecule has 0 fully saturated rings. The number of rotatable bonds is 6. The van der Waals surface area contributed by atoms with Crippen LogP contribution in [0.2, 0.25) is 0 Å². The maximum Gasteiger partial charge on any atom is 0.225 e. The largest absolute Gasteiger partial charge is 0.325 e. The molecule has 0 aliphatic rings. The predicted molar refractivity (Wildman–Crippen MR) is 102 cm³/mol. The molecule has 3 aromatic rings. The summed E-state index contributed by atoms with van der Waals surface area (Å²) >= 11 is 3.12. The number of carbonyl (C=O) groups excluding carboxylic acids is 1. The van der Waals surface area contributed by atoms with Gasteiger partial charge >= 0.3 is 0 Å². The number of hydrogen-bond acceptors (Lipinski definition) is 6. The van der Waals surface area contributed by atoms with Gasteiger partial charge in [-0.15, -0.1) is 22.0 Å². The van der Waals surface area contributed by atoms with Crippen LogP contribution in [0.3, 0.4) is 0 Å². The predicted octanol–water partition coefficient (Wildman–Crippen LogP) is 3.58. The van der Waals surface area contributed by atoms with Crippen molar-refractivity contribution in [3.8, 4) is 0 Å². The summed E-state index contributed by atoms with van der Waals surface area (Å²) in [6, 6.07) is 9.70. The molecule has 1 N–H and O–H groups in total. The van der Waals surface area contributed by atoms with Crippen molar-refractivity contribution < 1.29 is 4.79 Å². The third kappa shape index (κ3) is 4.13. The number of fused-ring (bicyclic) bond motifs is 1. The van der Waals surface area contributed by atoms with Crippen LogP contribution in [0.5, 0.6) is 0 Å². The highest BCUT2D eigenvalue weighted by atomic mass is 32.2. The molecule has 0 atom stereocenters. The second kappa shape index (κ2) is 7.88. The van der Waals surface area contributed by atoms with Gasteiger partial charge in [-0.2, -0.15) is 0 Å². The van der Waals surface area contributed by atoms with Crippen molar-refractivity contribution in [2.45, 2.75) is 30.3 Å². The van der Waals surface area contributed by atoms with Crippen LogP contribution in [0, 0.1) is 13.8 Å². The van der Waals surface area contributed by atoms with E-state index in [1.165, 1.54) is 11.8 Å². The third-order valence-corrected chi connectivity index (χ3v) is 5.33. The van der Waals surface area contributed by atoms with Crippen LogP contribution in [0.4, 0.5) is 5.69 Å². The molecular weight excluding hydrogens is 354 g/mol. The van der Waals surface area contributed by atoms with E-state index in [4.69, 9.17) is 0 Å². The molecule has 2 aromatic heterocycles. The molecule has 0 saturated carbocycles. The van der Waals surface area contributed by atoms with Crippen LogP contribution < -0.4 is 5.32 Å². The van der Waals surface area contributed by atoms with Crippen molar-refractivity contribution in [2.75, 3.05) is 17.3 Å². The minimum absolute atomic E-state index is 0.00601. The number of aromatic nitrogens is 4. The summed E-state index contributed by atoms with van der Waals surface area (Å²) in [6.07, 6.45) is 2.40. The topological polar surface area (TPSA) is 72.2 Å². The Kier molecular flexibility index (Phi) is 5.60. The highest BCUT2D eigenvalue weighted by Crippen LogP contribution is 2.25. The number of nitrogens with one attached hydrogen (secondary N) is 1. The Morgan fingerprint density at radius 2 is 2.04 bits per heavy atom. The third-order valence-electron chi connectivity index (χ3n) is 3.60. The summed E-state index contributed by atoms with van der Waals surface area (Å²) in [6.45, 7) is 3.87. The van der Waals surface area contributed by atoms with Crippen molar-refractivity contribution in [3.63, 3.8) is 0 Å². The molecule has 0 spiro atoms. The van der Waals surface area contributed by atoms with Gasteiger partial charge in [-0.1, -0.05) is 23.9 Å². The maximum absolute atomic E-state index is 12.2. The summed E-state index contributed by atoms with van der Waals surface area (Å²) in [5.41, 5.74) is 2.56. The molecule has 2 heterocycles. The lowest BCUT2D eigenvalue weighted by Crippen LogP contribution is -2.13.